The normalized spacial score (nSPS) is 10.7. The van der Waals surface area contributed by atoms with E-state index >= 15 is 0 Å². The van der Waals surface area contributed by atoms with Crippen molar-refractivity contribution in [3.8, 4) is 17.2 Å². The Balaban J connectivity index is 1.95. The maximum atomic E-state index is 14.3. The summed E-state index contributed by atoms with van der Waals surface area (Å²) < 4.78 is 26.9. The van der Waals surface area contributed by atoms with Crippen LogP contribution in [0.15, 0.2) is 51.7 Å². The van der Waals surface area contributed by atoms with Crippen molar-refractivity contribution in [1.82, 2.24) is 9.78 Å². The second kappa shape index (κ2) is 7.92. The minimum atomic E-state index is -0.544. The second-order valence-corrected chi connectivity index (χ2v) is 7.01. The van der Waals surface area contributed by atoms with Crippen molar-refractivity contribution in [2.45, 2.75) is 20.4 Å². The van der Waals surface area contributed by atoms with Crippen LogP contribution < -0.4 is 15.0 Å². The zero-order valence-corrected chi connectivity index (χ0v) is 16.7. The predicted octanol–water partition coefficient (Wildman–Crippen LogP) is 4.61. The molecule has 1 heterocycles. The van der Waals surface area contributed by atoms with Gasteiger partial charge >= 0.3 is 5.56 Å². The average molecular weight is 433 g/mol. The van der Waals surface area contributed by atoms with Crippen LogP contribution in [-0.2, 0) is 6.54 Å². The zero-order chi connectivity index (χ0) is 19.6. The second-order valence-electron chi connectivity index (χ2n) is 6.10. The number of halogens is 2. The fourth-order valence-electron chi connectivity index (χ4n) is 2.66. The number of hydrogen-bond donors (Lipinski definition) is 0. The van der Waals surface area contributed by atoms with E-state index < -0.39 is 11.4 Å². The molecule has 0 aliphatic heterocycles. The van der Waals surface area contributed by atoms with Gasteiger partial charge in [0.25, 0.3) is 0 Å². The van der Waals surface area contributed by atoms with Gasteiger partial charge in [-0.2, -0.15) is 5.10 Å². The average Bonchev–Trinajstić information content (AvgIpc) is 2.62. The summed E-state index contributed by atoms with van der Waals surface area (Å²) in [6.45, 7) is 3.73. The predicted molar refractivity (Wildman–Crippen MR) is 104 cm³/mol. The molecule has 0 amide bonds. The molecular formula is C20H18BrFN2O3. The number of nitrogens with zero attached hydrogens (tertiary/aromatic N) is 2. The summed E-state index contributed by atoms with van der Waals surface area (Å²) >= 11 is 3.24. The lowest BCUT2D eigenvalue weighted by atomic mass is 10.2. The molecule has 0 aliphatic rings. The lowest BCUT2D eigenvalue weighted by Gasteiger charge is -2.13. The van der Waals surface area contributed by atoms with Gasteiger partial charge in [-0.25, -0.2) is 9.07 Å². The fraction of sp³-hybridized carbons (Fsp3) is 0.200. The van der Waals surface area contributed by atoms with Crippen molar-refractivity contribution in [2.75, 3.05) is 7.11 Å². The van der Waals surface area contributed by atoms with Gasteiger partial charge < -0.3 is 9.47 Å². The first-order chi connectivity index (χ1) is 12.9. The van der Waals surface area contributed by atoms with E-state index in [0.717, 1.165) is 11.3 Å². The van der Waals surface area contributed by atoms with Crippen molar-refractivity contribution in [2.24, 2.45) is 0 Å². The van der Waals surface area contributed by atoms with Crippen molar-refractivity contribution < 1.29 is 13.9 Å². The largest absolute Gasteiger partial charge is 0.497 e. The van der Waals surface area contributed by atoms with Gasteiger partial charge in [0.1, 0.15) is 5.75 Å². The number of rotatable bonds is 5. The van der Waals surface area contributed by atoms with E-state index in [0.29, 0.717) is 15.7 Å². The SMILES string of the molecule is COc1ccc(Cn2nc(C)cc(Oc3c(C)cc(Br)cc3F)c2=O)cc1. The Bertz CT molecular complexity index is 1010. The third kappa shape index (κ3) is 4.36. The van der Waals surface area contributed by atoms with Gasteiger partial charge in [-0.3, -0.25) is 4.79 Å². The Labute approximate surface area is 164 Å². The standard InChI is InChI=1S/C20H18BrFN2O3/c1-12-8-15(21)10-17(22)19(12)27-18-9-13(2)23-24(20(18)25)11-14-4-6-16(26-3)7-5-14/h4-10H,11H2,1-3H3. The van der Waals surface area contributed by atoms with E-state index in [1.54, 1.807) is 27.0 Å². The summed E-state index contributed by atoms with van der Waals surface area (Å²) in [4.78, 5) is 12.8. The minimum absolute atomic E-state index is 0.0249. The third-order valence-corrected chi connectivity index (χ3v) is 4.42. The summed E-state index contributed by atoms with van der Waals surface area (Å²) in [5.41, 5.74) is 1.62. The highest BCUT2D eigenvalue weighted by atomic mass is 79.9. The molecule has 0 spiro atoms. The Morgan fingerprint density at radius 2 is 1.85 bits per heavy atom. The molecule has 2 aromatic carbocycles. The van der Waals surface area contributed by atoms with E-state index in [9.17, 15) is 9.18 Å². The number of hydrogen-bond acceptors (Lipinski definition) is 4. The Kier molecular flexibility index (Phi) is 5.60. The van der Waals surface area contributed by atoms with E-state index in [1.165, 1.54) is 16.8 Å². The van der Waals surface area contributed by atoms with E-state index in [2.05, 4.69) is 21.0 Å². The Hall–Kier alpha value is -2.67. The van der Waals surface area contributed by atoms with Crippen molar-refractivity contribution in [3.63, 3.8) is 0 Å². The monoisotopic (exact) mass is 432 g/mol. The molecular weight excluding hydrogens is 415 g/mol. The van der Waals surface area contributed by atoms with E-state index in [-0.39, 0.29) is 18.0 Å². The molecule has 0 bridgehead atoms. The first-order valence-electron chi connectivity index (χ1n) is 8.22. The van der Waals surface area contributed by atoms with Crippen LogP contribution in [0.2, 0.25) is 0 Å². The van der Waals surface area contributed by atoms with Crippen LogP contribution in [0.3, 0.4) is 0 Å². The number of aromatic nitrogens is 2. The molecule has 0 aliphatic carbocycles. The maximum Gasteiger partial charge on any atom is 0.310 e. The van der Waals surface area contributed by atoms with Gasteiger partial charge in [-0.15, -0.1) is 0 Å². The summed E-state index contributed by atoms with van der Waals surface area (Å²) in [5, 5.41) is 4.26. The fourth-order valence-corrected chi connectivity index (χ4v) is 3.20. The molecule has 0 fully saturated rings. The van der Waals surface area contributed by atoms with Crippen LogP contribution in [0.5, 0.6) is 17.2 Å². The van der Waals surface area contributed by atoms with Crippen LogP contribution >= 0.6 is 15.9 Å². The lowest BCUT2D eigenvalue weighted by molar-refractivity contribution is 0.414. The maximum absolute atomic E-state index is 14.3. The van der Waals surface area contributed by atoms with Crippen LogP contribution in [-0.4, -0.2) is 16.9 Å². The molecule has 1 aromatic heterocycles. The van der Waals surface area contributed by atoms with Gasteiger partial charge in [-0.05, 0) is 49.2 Å². The van der Waals surface area contributed by atoms with Crippen molar-refractivity contribution in [3.05, 3.63) is 79.9 Å². The quantitative estimate of drug-likeness (QED) is 0.590. The van der Waals surface area contributed by atoms with Gasteiger partial charge in [-0.1, -0.05) is 28.1 Å². The first-order valence-corrected chi connectivity index (χ1v) is 9.02. The summed E-state index contributed by atoms with van der Waals surface area (Å²) in [6.07, 6.45) is 0. The minimum Gasteiger partial charge on any atom is -0.497 e. The molecule has 5 nitrogen and oxygen atoms in total. The number of ether oxygens (including phenoxy) is 2. The van der Waals surface area contributed by atoms with Crippen molar-refractivity contribution in [1.29, 1.82) is 0 Å². The highest BCUT2D eigenvalue weighted by Crippen LogP contribution is 2.29. The number of aryl methyl sites for hydroxylation is 2. The lowest BCUT2D eigenvalue weighted by Crippen LogP contribution is -2.25. The molecule has 0 saturated carbocycles. The number of benzene rings is 2. The molecule has 27 heavy (non-hydrogen) atoms. The molecule has 3 aromatic rings. The molecule has 7 heteroatoms. The Morgan fingerprint density at radius 1 is 1.15 bits per heavy atom. The van der Waals surface area contributed by atoms with Crippen molar-refractivity contribution >= 4 is 15.9 Å². The molecule has 140 valence electrons. The summed E-state index contributed by atoms with van der Waals surface area (Å²) in [5.74, 6) is 0.239. The number of methoxy groups -OCH3 is 1. The third-order valence-electron chi connectivity index (χ3n) is 3.96. The molecule has 0 N–H and O–H groups in total. The highest BCUT2D eigenvalue weighted by Gasteiger charge is 2.15. The molecule has 0 unspecified atom stereocenters. The molecule has 0 saturated heterocycles. The first kappa shape index (κ1) is 19.1. The summed E-state index contributed by atoms with van der Waals surface area (Å²) in [7, 11) is 1.59. The zero-order valence-electron chi connectivity index (χ0n) is 15.1. The summed E-state index contributed by atoms with van der Waals surface area (Å²) in [6, 6.07) is 11.9. The molecule has 0 radical (unpaired) electrons. The van der Waals surface area contributed by atoms with Gasteiger partial charge in [0.2, 0.25) is 0 Å². The molecule has 0 atom stereocenters. The van der Waals surface area contributed by atoms with Gasteiger partial charge in [0.05, 0.1) is 19.3 Å². The highest BCUT2D eigenvalue weighted by molar-refractivity contribution is 9.10. The van der Waals surface area contributed by atoms with Crippen LogP contribution in [0, 0.1) is 19.7 Å². The van der Waals surface area contributed by atoms with Crippen LogP contribution in [0.4, 0.5) is 4.39 Å². The van der Waals surface area contributed by atoms with Gasteiger partial charge in [0.15, 0.2) is 17.3 Å². The van der Waals surface area contributed by atoms with E-state index in [4.69, 9.17) is 9.47 Å². The molecule has 3 rings (SSSR count). The topological polar surface area (TPSA) is 53.4 Å². The Morgan fingerprint density at radius 3 is 2.48 bits per heavy atom. The van der Waals surface area contributed by atoms with Gasteiger partial charge in [0, 0.05) is 10.5 Å². The van der Waals surface area contributed by atoms with Crippen LogP contribution in [0.25, 0.3) is 0 Å². The smallest absolute Gasteiger partial charge is 0.310 e. The van der Waals surface area contributed by atoms with Crippen LogP contribution in [0.1, 0.15) is 16.8 Å². The van der Waals surface area contributed by atoms with E-state index in [1.807, 2.05) is 24.3 Å².